The van der Waals surface area contributed by atoms with Crippen LogP contribution in [0.4, 0.5) is 5.69 Å². The van der Waals surface area contributed by atoms with Crippen LogP contribution >= 0.6 is 11.6 Å². The molecule has 1 unspecified atom stereocenters. The van der Waals surface area contributed by atoms with Crippen LogP contribution in [0.5, 0.6) is 5.75 Å². The van der Waals surface area contributed by atoms with Gasteiger partial charge >= 0.3 is 0 Å². The molecule has 0 saturated heterocycles. The van der Waals surface area contributed by atoms with Gasteiger partial charge in [0.05, 0.1) is 17.2 Å². The van der Waals surface area contributed by atoms with Gasteiger partial charge < -0.3 is 15.0 Å². The van der Waals surface area contributed by atoms with E-state index in [0.717, 1.165) is 15.4 Å². The summed E-state index contributed by atoms with van der Waals surface area (Å²) in [5, 5.41) is 3.00. The second-order valence-corrected chi connectivity index (χ2v) is 11.2. The van der Waals surface area contributed by atoms with E-state index in [-0.39, 0.29) is 23.0 Å². The first-order valence-corrected chi connectivity index (χ1v) is 14.5. The Bertz CT molecular complexity index is 1380. The molecule has 0 aliphatic rings. The van der Waals surface area contributed by atoms with Crippen LogP contribution in [0.1, 0.15) is 31.4 Å². The molecule has 0 aliphatic heterocycles. The van der Waals surface area contributed by atoms with Crippen molar-refractivity contribution in [3.63, 3.8) is 0 Å². The van der Waals surface area contributed by atoms with E-state index < -0.39 is 28.5 Å². The number of anilines is 1. The molecule has 0 aliphatic carbocycles. The number of nitrogens with one attached hydrogen (secondary N) is 1. The highest BCUT2D eigenvalue weighted by molar-refractivity contribution is 7.92. The predicted octanol–water partition coefficient (Wildman–Crippen LogP) is 4.80. The van der Waals surface area contributed by atoms with E-state index in [1.165, 1.54) is 36.2 Å². The Hall–Kier alpha value is -3.56. The Morgan fingerprint density at radius 3 is 2.21 bits per heavy atom. The molecule has 0 bridgehead atoms. The highest BCUT2D eigenvalue weighted by Gasteiger charge is 2.34. The lowest BCUT2D eigenvalue weighted by atomic mass is 10.1. The molecule has 0 spiro atoms. The van der Waals surface area contributed by atoms with E-state index in [0.29, 0.717) is 23.8 Å². The molecule has 0 saturated carbocycles. The van der Waals surface area contributed by atoms with Crippen LogP contribution in [0.2, 0.25) is 5.02 Å². The summed E-state index contributed by atoms with van der Waals surface area (Å²) >= 11 is 6.00. The van der Waals surface area contributed by atoms with Crippen molar-refractivity contribution < 1.29 is 22.7 Å². The number of hydrogen-bond donors (Lipinski definition) is 1. The number of ether oxygens (including phenoxy) is 1. The van der Waals surface area contributed by atoms with Gasteiger partial charge in [-0.15, -0.1) is 0 Å². The van der Waals surface area contributed by atoms with Crippen LogP contribution in [0.3, 0.4) is 0 Å². The first-order chi connectivity index (χ1) is 18.6. The van der Waals surface area contributed by atoms with Crippen LogP contribution in [0.25, 0.3) is 0 Å². The monoisotopic (exact) mass is 571 g/mol. The van der Waals surface area contributed by atoms with Crippen molar-refractivity contribution >= 4 is 39.1 Å². The van der Waals surface area contributed by atoms with Crippen molar-refractivity contribution in [1.82, 2.24) is 10.2 Å². The molecule has 1 N–H and O–H groups in total. The lowest BCUT2D eigenvalue weighted by Gasteiger charge is -2.33. The summed E-state index contributed by atoms with van der Waals surface area (Å²) in [6.07, 6.45) is 0.344. The maximum atomic E-state index is 14.0. The van der Waals surface area contributed by atoms with Gasteiger partial charge in [0.1, 0.15) is 18.3 Å². The van der Waals surface area contributed by atoms with Crippen molar-refractivity contribution in [2.45, 2.75) is 44.7 Å². The maximum Gasteiger partial charge on any atom is 0.264 e. The minimum Gasteiger partial charge on any atom is -0.492 e. The third-order valence-corrected chi connectivity index (χ3v) is 8.25. The summed E-state index contributed by atoms with van der Waals surface area (Å²) in [4.78, 5) is 28.2. The highest BCUT2D eigenvalue weighted by Crippen LogP contribution is 2.33. The predicted molar refractivity (Wildman–Crippen MR) is 153 cm³/mol. The Balaban J connectivity index is 2.10. The van der Waals surface area contributed by atoms with Gasteiger partial charge in [0.15, 0.2) is 0 Å². The maximum absolute atomic E-state index is 14.0. The van der Waals surface area contributed by atoms with Crippen molar-refractivity contribution in [2.24, 2.45) is 0 Å². The Morgan fingerprint density at radius 1 is 0.974 bits per heavy atom. The average Bonchev–Trinajstić information content (AvgIpc) is 2.93. The van der Waals surface area contributed by atoms with Crippen LogP contribution in [-0.4, -0.2) is 51.4 Å². The number of sulfonamides is 1. The van der Waals surface area contributed by atoms with E-state index in [1.54, 1.807) is 31.2 Å². The van der Waals surface area contributed by atoms with E-state index in [9.17, 15) is 18.0 Å². The second kappa shape index (κ2) is 13.5. The molecular formula is C29H34ClN3O5S. The molecule has 3 aromatic rings. The molecular weight excluding hydrogens is 538 g/mol. The van der Waals surface area contributed by atoms with E-state index in [2.05, 4.69) is 5.32 Å². The van der Waals surface area contributed by atoms with Gasteiger partial charge in [-0.25, -0.2) is 8.42 Å². The van der Waals surface area contributed by atoms with Crippen molar-refractivity contribution in [1.29, 1.82) is 0 Å². The first-order valence-electron chi connectivity index (χ1n) is 12.7. The number of para-hydroxylation sites is 2. The van der Waals surface area contributed by atoms with Crippen LogP contribution in [0.15, 0.2) is 77.7 Å². The number of benzene rings is 3. The average molecular weight is 572 g/mol. The second-order valence-electron chi connectivity index (χ2n) is 8.91. The molecule has 0 fully saturated rings. The summed E-state index contributed by atoms with van der Waals surface area (Å²) in [6.45, 7) is 5.44. The topological polar surface area (TPSA) is 96.0 Å². The van der Waals surface area contributed by atoms with Gasteiger partial charge in [0.2, 0.25) is 11.8 Å². The van der Waals surface area contributed by atoms with Crippen LogP contribution < -0.4 is 14.4 Å². The number of rotatable bonds is 12. The normalized spacial score (nSPS) is 11.9. The van der Waals surface area contributed by atoms with Gasteiger partial charge in [-0.1, -0.05) is 60.5 Å². The van der Waals surface area contributed by atoms with E-state index in [1.807, 2.05) is 38.1 Å². The molecule has 0 radical (unpaired) electrons. The van der Waals surface area contributed by atoms with Crippen molar-refractivity contribution in [3.8, 4) is 5.75 Å². The molecule has 0 aromatic heterocycles. The molecule has 3 rings (SSSR count). The fraction of sp³-hybridized carbons (Fsp3) is 0.310. The number of aryl methyl sites for hydroxylation is 1. The number of halogens is 1. The van der Waals surface area contributed by atoms with Crippen molar-refractivity contribution in [2.75, 3.05) is 24.5 Å². The van der Waals surface area contributed by atoms with Gasteiger partial charge in [-0.05, 0) is 62.2 Å². The standard InChI is InChI=1S/C29H34ClN3O5S/c1-5-25(29(35)31-4)32(19-22-13-11-21(3)12-14-22)28(34)20-33(26-9-7-8-10-27(26)38-6-2)39(36,37)24-17-15-23(30)16-18-24/h7-18,25H,5-6,19-20H2,1-4H3,(H,31,35). The number of carbonyl (C=O) groups excluding carboxylic acids is 2. The smallest absolute Gasteiger partial charge is 0.264 e. The number of likely N-dealkylation sites (N-methyl/N-ethyl adjacent to an activating group) is 1. The Labute approximate surface area is 235 Å². The van der Waals surface area contributed by atoms with Gasteiger partial charge in [0, 0.05) is 18.6 Å². The first kappa shape index (κ1) is 30.0. The van der Waals surface area contributed by atoms with Gasteiger partial charge in [-0.3, -0.25) is 13.9 Å². The van der Waals surface area contributed by atoms with Gasteiger partial charge in [-0.2, -0.15) is 0 Å². The molecule has 10 heteroatoms. The van der Waals surface area contributed by atoms with Crippen LogP contribution in [-0.2, 0) is 26.2 Å². The minimum absolute atomic E-state index is 0.0329. The molecule has 3 aromatic carbocycles. The SMILES string of the molecule is CCOc1ccccc1N(CC(=O)N(Cc1ccc(C)cc1)C(CC)C(=O)NC)S(=O)(=O)c1ccc(Cl)cc1. The largest absolute Gasteiger partial charge is 0.492 e. The quantitative estimate of drug-likeness (QED) is 0.337. The fourth-order valence-electron chi connectivity index (χ4n) is 4.16. The Kier molecular flexibility index (Phi) is 10.4. The minimum atomic E-state index is -4.23. The summed E-state index contributed by atoms with van der Waals surface area (Å²) in [6, 6.07) is 19.2. The zero-order valence-electron chi connectivity index (χ0n) is 22.6. The zero-order valence-corrected chi connectivity index (χ0v) is 24.1. The lowest BCUT2D eigenvalue weighted by molar-refractivity contribution is -0.140. The number of hydrogen-bond acceptors (Lipinski definition) is 5. The summed E-state index contributed by atoms with van der Waals surface area (Å²) in [5.41, 5.74) is 2.09. The summed E-state index contributed by atoms with van der Waals surface area (Å²) in [5.74, 6) is -0.552. The van der Waals surface area contributed by atoms with Crippen molar-refractivity contribution in [3.05, 3.63) is 88.9 Å². The third-order valence-electron chi connectivity index (χ3n) is 6.22. The van der Waals surface area contributed by atoms with Gasteiger partial charge in [0.25, 0.3) is 10.0 Å². The van der Waals surface area contributed by atoms with E-state index >= 15 is 0 Å². The zero-order chi connectivity index (χ0) is 28.6. The molecule has 8 nitrogen and oxygen atoms in total. The third kappa shape index (κ3) is 7.30. The summed E-state index contributed by atoms with van der Waals surface area (Å²) in [7, 11) is -2.72. The fourth-order valence-corrected chi connectivity index (χ4v) is 5.71. The Morgan fingerprint density at radius 2 is 1.62 bits per heavy atom. The lowest BCUT2D eigenvalue weighted by Crippen LogP contribution is -2.51. The van der Waals surface area contributed by atoms with E-state index in [4.69, 9.17) is 16.3 Å². The molecule has 1 atom stereocenters. The highest BCUT2D eigenvalue weighted by atomic mass is 35.5. The molecule has 0 heterocycles. The van der Waals surface area contributed by atoms with Crippen LogP contribution in [0, 0.1) is 6.92 Å². The molecule has 2 amide bonds. The number of amides is 2. The molecule has 208 valence electrons. The molecule has 39 heavy (non-hydrogen) atoms. The summed E-state index contributed by atoms with van der Waals surface area (Å²) < 4.78 is 34.7. The number of carbonyl (C=O) groups is 2. The number of nitrogens with zero attached hydrogens (tertiary/aromatic N) is 2.